The lowest BCUT2D eigenvalue weighted by Gasteiger charge is -2.07. The molecule has 0 spiro atoms. The molecule has 0 aliphatic carbocycles. The summed E-state index contributed by atoms with van der Waals surface area (Å²) in [6, 6.07) is 10.9. The van der Waals surface area contributed by atoms with Gasteiger partial charge in [0, 0.05) is 17.4 Å². The molecule has 0 unspecified atom stereocenters. The molecule has 116 valence electrons. The van der Waals surface area contributed by atoms with Gasteiger partial charge in [-0.2, -0.15) is 0 Å². The summed E-state index contributed by atoms with van der Waals surface area (Å²) in [4.78, 5) is 23.5. The third-order valence-electron chi connectivity index (χ3n) is 3.82. The summed E-state index contributed by atoms with van der Waals surface area (Å²) in [5.41, 5.74) is 3.30. The van der Waals surface area contributed by atoms with Gasteiger partial charge in [0.1, 0.15) is 0 Å². The Bertz CT molecular complexity index is 816. The van der Waals surface area contributed by atoms with Crippen molar-refractivity contribution >= 4 is 23.2 Å². The van der Waals surface area contributed by atoms with Gasteiger partial charge in [0.05, 0.1) is 12.8 Å². The van der Waals surface area contributed by atoms with Gasteiger partial charge in [0.25, 0.3) is 0 Å². The van der Waals surface area contributed by atoms with E-state index < -0.39 is 0 Å². The van der Waals surface area contributed by atoms with Gasteiger partial charge in [0.15, 0.2) is 11.5 Å². The number of carbonyl (C=O) groups excluding carboxylic acids is 2. The summed E-state index contributed by atoms with van der Waals surface area (Å²) in [5.74, 6) is 1.17. The molecule has 23 heavy (non-hydrogen) atoms. The van der Waals surface area contributed by atoms with Gasteiger partial charge in [-0.25, -0.2) is 0 Å². The number of hydrogen-bond donors (Lipinski definition) is 2. The molecule has 6 nitrogen and oxygen atoms in total. The highest BCUT2D eigenvalue weighted by Crippen LogP contribution is 2.34. The second kappa shape index (κ2) is 5.31. The van der Waals surface area contributed by atoms with Gasteiger partial charge >= 0.3 is 0 Å². The monoisotopic (exact) mass is 310 g/mol. The number of amides is 2. The fourth-order valence-corrected chi connectivity index (χ4v) is 2.76. The maximum atomic E-state index is 12.2. The van der Waals surface area contributed by atoms with Crippen molar-refractivity contribution < 1.29 is 19.1 Å². The van der Waals surface area contributed by atoms with Gasteiger partial charge in [0.2, 0.25) is 18.6 Å². The van der Waals surface area contributed by atoms with Crippen LogP contribution in [0.15, 0.2) is 36.4 Å². The van der Waals surface area contributed by atoms with Crippen LogP contribution in [0.1, 0.15) is 11.1 Å². The summed E-state index contributed by atoms with van der Waals surface area (Å²) in [6.45, 7) is 0.203. The first-order chi connectivity index (χ1) is 11.2. The number of fused-ring (bicyclic) bond motifs is 2. The minimum atomic E-state index is -0.124. The fourth-order valence-electron chi connectivity index (χ4n) is 2.76. The van der Waals surface area contributed by atoms with Crippen LogP contribution in [-0.2, 0) is 22.4 Å². The zero-order valence-corrected chi connectivity index (χ0v) is 12.2. The topological polar surface area (TPSA) is 76.7 Å². The van der Waals surface area contributed by atoms with Crippen LogP contribution in [0.3, 0.4) is 0 Å². The van der Waals surface area contributed by atoms with E-state index in [4.69, 9.17) is 9.47 Å². The summed E-state index contributed by atoms with van der Waals surface area (Å²) >= 11 is 0. The minimum Gasteiger partial charge on any atom is -0.454 e. The van der Waals surface area contributed by atoms with Crippen LogP contribution in [0.25, 0.3) is 0 Å². The molecule has 0 bridgehead atoms. The SMILES string of the molecule is O=C(Cc1ccc2c(c1)CC(=O)N2)Nc1ccc2c(c1)OCO2. The third kappa shape index (κ3) is 2.70. The molecule has 0 aromatic heterocycles. The van der Waals surface area contributed by atoms with E-state index in [1.807, 2.05) is 18.2 Å². The Hall–Kier alpha value is -3.02. The average molecular weight is 310 g/mol. The molecular formula is C17H14N2O4. The van der Waals surface area contributed by atoms with Crippen molar-refractivity contribution in [1.82, 2.24) is 0 Å². The second-order valence-corrected chi connectivity index (χ2v) is 5.51. The highest BCUT2D eigenvalue weighted by Gasteiger charge is 2.18. The quantitative estimate of drug-likeness (QED) is 0.910. The molecule has 0 radical (unpaired) electrons. The summed E-state index contributed by atoms with van der Waals surface area (Å²) < 4.78 is 10.5. The van der Waals surface area contributed by atoms with E-state index in [9.17, 15) is 9.59 Å². The number of anilines is 2. The van der Waals surface area contributed by atoms with Crippen LogP contribution in [0.2, 0.25) is 0 Å². The summed E-state index contributed by atoms with van der Waals surface area (Å²) in [7, 11) is 0. The first kappa shape index (κ1) is 13.6. The summed E-state index contributed by atoms with van der Waals surface area (Å²) in [5, 5.41) is 5.62. The number of carbonyl (C=O) groups is 2. The zero-order valence-electron chi connectivity index (χ0n) is 12.2. The molecule has 4 rings (SSSR count). The Morgan fingerprint density at radius 2 is 2.00 bits per heavy atom. The van der Waals surface area contributed by atoms with Crippen LogP contribution in [0.4, 0.5) is 11.4 Å². The van der Waals surface area contributed by atoms with Crippen molar-refractivity contribution in [2.45, 2.75) is 12.8 Å². The van der Waals surface area contributed by atoms with E-state index in [-0.39, 0.29) is 25.0 Å². The van der Waals surface area contributed by atoms with Crippen molar-refractivity contribution in [3.05, 3.63) is 47.5 Å². The van der Waals surface area contributed by atoms with Crippen molar-refractivity contribution in [2.75, 3.05) is 17.4 Å². The van der Waals surface area contributed by atoms with E-state index >= 15 is 0 Å². The van der Waals surface area contributed by atoms with E-state index in [1.54, 1.807) is 18.2 Å². The Balaban J connectivity index is 1.44. The normalized spacial score (nSPS) is 14.3. The maximum absolute atomic E-state index is 12.2. The molecule has 2 amide bonds. The molecule has 2 N–H and O–H groups in total. The first-order valence-corrected chi connectivity index (χ1v) is 7.28. The average Bonchev–Trinajstić information content (AvgIpc) is 3.11. The highest BCUT2D eigenvalue weighted by molar-refractivity contribution is 5.99. The second-order valence-electron chi connectivity index (χ2n) is 5.51. The van der Waals surface area contributed by atoms with Gasteiger partial charge < -0.3 is 20.1 Å². The Labute approximate surface area is 132 Å². The molecule has 6 heteroatoms. The Kier molecular flexibility index (Phi) is 3.15. The van der Waals surface area contributed by atoms with Crippen LogP contribution in [-0.4, -0.2) is 18.6 Å². The predicted molar refractivity (Wildman–Crippen MR) is 83.7 cm³/mol. The number of rotatable bonds is 3. The Morgan fingerprint density at radius 1 is 1.13 bits per heavy atom. The van der Waals surface area contributed by atoms with Crippen molar-refractivity contribution in [3.63, 3.8) is 0 Å². The first-order valence-electron chi connectivity index (χ1n) is 7.28. The summed E-state index contributed by atoms with van der Waals surface area (Å²) in [6.07, 6.45) is 0.614. The number of benzene rings is 2. The minimum absolute atomic E-state index is 0.0121. The van der Waals surface area contributed by atoms with E-state index in [0.29, 0.717) is 23.6 Å². The maximum Gasteiger partial charge on any atom is 0.231 e. The fraction of sp³-hybridized carbons (Fsp3) is 0.176. The highest BCUT2D eigenvalue weighted by atomic mass is 16.7. The van der Waals surface area contributed by atoms with Gasteiger partial charge in [-0.05, 0) is 29.3 Å². The molecule has 2 aromatic rings. The molecule has 2 aliphatic rings. The lowest BCUT2D eigenvalue weighted by Crippen LogP contribution is -2.14. The van der Waals surface area contributed by atoms with Crippen LogP contribution in [0, 0.1) is 0 Å². The third-order valence-corrected chi connectivity index (χ3v) is 3.82. The lowest BCUT2D eigenvalue weighted by molar-refractivity contribution is -0.116. The van der Waals surface area contributed by atoms with Crippen molar-refractivity contribution in [3.8, 4) is 11.5 Å². The molecule has 0 atom stereocenters. The lowest BCUT2D eigenvalue weighted by atomic mass is 10.1. The molecule has 0 saturated carbocycles. The molecule has 2 aliphatic heterocycles. The van der Waals surface area contributed by atoms with Gasteiger partial charge in [-0.1, -0.05) is 12.1 Å². The van der Waals surface area contributed by atoms with Crippen molar-refractivity contribution in [1.29, 1.82) is 0 Å². The molecule has 2 aromatic carbocycles. The molecular weight excluding hydrogens is 296 g/mol. The van der Waals surface area contributed by atoms with Crippen molar-refractivity contribution in [2.24, 2.45) is 0 Å². The number of nitrogens with one attached hydrogen (secondary N) is 2. The smallest absolute Gasteiger partial charge is 0.231 e. The van der Waals surface area contributed by atoms with Crippen LogP contribution < -0.4 is 20.1 Å². The standard InChI is InChI=1S/C17H14N2O4/c20-16(18-12-2-4-14-15(8-12)23-9-22-14)6-10-1-3-13-11(5-10)7-17(21)19-13/h1-5,8H,6-7,9H2,(H,18,20)(H,19,21). The molecule has 0 fully saturated rings. The van der Waals surface area contributed by atoms with E-state index in [1.165, 1.54) is 0 Å². The molecule has 2 heterocycles. The van der Waals surface area contributed by atoms with E-state index in [0.717, 1.165) is 16.8 Å². The van der Waals surface area contributed by atoms with Crippen LogP contribution >= 0.6 is 0 Å². The van der Waals surface area contributed by atoms with Gasteiger partial charge in [-0.15, -0.1) is 0 Å². The van der Waals surface area contributed by atoms with E-state index in [2.05, 4.69) is 10.6 Å². The molecule has 0 saturated heterocycles. The predicted octanol–water partition coefficient (Wildman–Crippen LogP) is 2.09. The van der Waals surface area contributed by atoms with Gasteiger partial charge in [-0.3, -0.25) is 9.59 Å². The van der Waals surface area contributed by atoms with Crippen LogP contribution in [0.5, 0.6) is 11.5 Å². The number of hydrogen-bond acceptors (Lipinski definition) is 4. The number of ether oxygens (including phenoxy) is 2. The Morgan fingerprint density at radius 3 is 2.91 bits per heavy atom. The largest absolute Gasteiger partial charge is 0.454 e. The zero-order chi connectivity index (χ0) is 15.8.